The highest BCUT2D eigenvalue weighted by molar-refractivity contribution is 5.74. The van der Waals surface area contributed by atoms with Crippen LogP contribution in [0.3, 0.4) is 0 Å². The molecule has 1 aromatic rings. The van der Waals surface area contributed by atoms with Gasteiger partial charge in [-0.25, -0.2) is 4.79 Å². The molecular weight excluding hydrogens is 258 g/mol. The van der Waals surface area contributed by atoms with E-state index in [1.165, 1.54) is 0 Å². The van der Waals surface area contributed by atoms with Gasteiger partial charge in [-0.2, -0.15) is 10.2 Å². The molecule has 0 radical (unpaired) electrons. The topological polar surface area (TPSA) is 95.0 Å². The fraction of sp³-hybridized carbons (Fsp3) is 0.692. The first-order valence-electron chi connectivity index (χ1n) is 6.85. The average Bonchev–Trinajstić information content (AvgIpc) is 2.94. The number of likely N-dealkylation sites (tertiary alicyclic amines) is 1. The van der Waals surface area contributed by atoms with E-state index in [9.17, 15) is 4.79 Å². The number of amides is 2. The first-order valence-corrected chi connectivity index (χ1v) is 6.85. The Kier molecular flexibility index (Phi) is 4.56. The summed E-state index contributed by atoms with van der Waals surface area (Å²) in [5.74, 6) is 1.17. The van der Waals surface area contributed by atoms with Crippen molar-refractivity contribution in [3.8, 4) is 6.07 Å². The molecule has 2 amide bonds. The fourth-order valence-corrected chi connectivity index (χ4v) is 2.10. The number of nitrogens with zero attached hydrogens (tertiary/aromatic N) is 4. The van der Waals surface area contributed by atoms with Crippen molar-refractivity contribution in [2.45, 2.75) is 39.2 Å². The first kappa shape index (κ1) is 14.3. The highest BCUT2D eigenvalue weighted by Crippen LogP contribution is 2.15. The van der Waals surface area contributed by atoms with E-state index in [4.69, 9.17) is 9.78 Å². The number of hydrogen-bond donors (Lipinski definition) is 1. The molecular formula is C13H19N5O2. The fourth-order valence-electron chi connectivity index (χ4n) is 2.10. The summed E-state index contributed by atoms with van der Waals surface area (Å²) in [5, 5.41) is 15.5. The van der Waals surface area contributed by atoms with Gasteiger partial charge in [0.15, 0.2) is 5.82 Å². The minimum atomic E-state index is -0.186. The summed E-state index contributed by atoms with van der Waals surface area (Å²) in [7, 11) is 0. The van der Waals surface area contributed by atoms with Crippen molar-refractivity contribution in [3.63, 3.8) is 0 Å². The molecule has 0 spiro atoms. The molecule has 108 valence electrons. The van der Waals surface area contributed by atoms with E-state index >= 15 is 0 Å². The van der Waals surface area contributed by atoms with Crippen LogP contribution in [0.15, 0.2) is 4.52 Å². The summed E-state index contributed by atoms with van der Waals surface area (Å²) in [6.07, 6.45) is 1.73. The minimum Gasteiger partial charge on any atom is -0.337 e. The second-order valence-corrected chi connectivity index (χ2v) is 5.27. The van der Waals surface area contributed by atoms with E-state index in [0.717, 1.165) is 12.8 Å². The summed E-state index contributed by atoms with van der Waals surface area (Å²) in [5.41, 5.74) is 0. The van der Waals surface area contributed by atoms with Gasteiger partial charge in [0, 0.05) is 19.0 Å². The highest BCUT2D eigenvalue weighted by atomic mass is 16.5. The van der Waals surface area contributed by atoms with Crippen LogP contribution in [-0.4, -0.2) is 34.2 Å². The lowest BCUT2D eigenvalue weighted by Crippen LogP contribution is -2.45. The predicted molar refractivity (Wildman–Crippen MR) is 70.5 cm³/mol. The van der Waals surface area contributed by atoms with Gasteiger partial charge in [0.05, 0.1) is 18.5 Å². The van der Waals surface area contributed by atoms with Crippen molar-refractivity contribution in [2.24, 2.45) is 5.92 Å². The van der Waals surface area contributed by atoms with Crippen molar-refractivity contribution in [1.29, 1.82) is 5.26 Å². The summed E-state index contributed by atoms with van der Waals surface area (Å²) in [4.78, 5) is 17.8. The zero-order valence-corrected chi connectivity index (χ0v) is 11.8. The van der Waals surface area contributed by atoms with E-state index in [1.807, 2.05) is 13.8 Å². The number of carbonyl (C=O) groups is 1. The summed E-state index contributed by atoms with van der Waals surface area (Å²) >= 11 is 0. The lowest BCUT2D eigenvalue weighted by molar-refractivity contribution is 0.174. The number of rotatable bonds is 3. The molecule has 1 aromatic heterocycles. The first-order chi connectivity index (χ1) is 9.60. The average molecular weight is 277 g/mol. The molecule has 1 fully saturated rings. The third-order valence-corrected chi connectivity index (χ3v) is 3.28. The van der Waals surface area contributed by atoms with Crippen molar-refractivity contribution in [3.05, 3.63) is 11.7 Å². The smallest absolute Gasteiger partial charge is 0.317 e. The number of nitriles is 1. The van der Waals surface area contributed by atoms with Gasteiger partial charge < -0.3 is 14.7 Å². The van der Waals surface area contributed by atoms with Gasteiger partial charge in [-0.15, -0.1) is 0 Å². The molecule has 0 bridgehead atoms. The Hall–Kier alpha value is -2.10. The van der Waals surface area contributed by atoms with Gasteiger partial charge in [-0.3, -0.25) is 0 Å². The summed E-state index contributed by atoms with van der Waals surface area (Å²) < 4.78 is 5.06. The molecule has 1 atom stereocenters. The monoisotopic (exact) mass is 277 g/mol. The predicted octanol–water partition coefficient (Wildman–Crippen LogP) is 1.64. The van der Waals surface area contributed by atoms with Gasteiger partial charge in [0.2, 0.25) is 5.89 Å². The van der Waals surface area contributed by atoms with Crippen LogP contribution < -0.4 is 5.32 Å². The Morgan fingerprint density at radius 2 is 2.45 bits per heavy atom. The number of urea groups is 1. The van der Waals surface area contributed by atoms with Crippen LogP contribution in [0.1, 0.15) is 44.3 Å². The SMILES string of the molecule is CC(C)c1noc(CNC(=O)N2CCCC(C#N)C2)n1. The van der Waals surface area contributed by atoms with E-state index in [-0.39, 0.29) is 24.4 Å². The molecule has 0 aliphatic carbocycles. The zero-order chi connectivity index (χ0) is 14.5. The number of carbonyl (C=O) groups excluding carboxylic acids is 1. The minimum absolute atomic E-state index is 0.0644. The molecule has 1 saturated heterocycles. The zero-order valence-electron chi connectivity index (χ0n) is 11.8. The van der Waals surface area contributed by atoms with Crippen LogP contribution in [0.25, 0.3) is 0 Å². The molecule has 0 aromatic carbocycles. The standard InChI is InChI=1S/C13H19N5O2/c1-9(2)12-16-11(20-17-12)7-15-13(19)18-5-3-4-10(6-14)8-18/h9-10H,3-5,7-8H2,1-2H3,(H,15,19). The van der Waals surface area contributed by atoms with Crippen LogP contribution in [0.2, 0.25) is 0 Å². The Morgan fingerprint density at radius 1 is 1.65 bits per heavy atom. The van der Waals surface area contributed by atoms with Crippen LogP contribution in [0.5, 0.6) is 0 Å². The van der Waals surface area contributed by atoms with Gasteiger partial charge in [-0.05, 0) is 12.8 Å². The normalized spacial score (nSPS) is 18.9. The molecule has 0 saturated carbocycles. The molecule has 1 aliphatic heterocycles. The maximum Gasteiger partial charge on any atom is 0.317 e. The molecule has 1 N–H and O–H groups in total. The quantitative estimate of drug-likeness (QED) is 0.906. The maximum atomic E-state index is 12.0. The van der Waals surface area contributed by atoms with E-state index < -0.39 is 0 Å². The highest BCUT2D eigenvalue weighted by Gasteiger charge is 2.23. The van der Waals surface area contributed by atoms with E-state index in [0.29, 0.717) is 24.8 Å². The molecule has 7 heteroatoms. The third kappa shape index (κ3) is 3.47. The second-order valence-electron chi connectivity index (χ2n) is 5.27. The van der Waals surface area contributed by atoms with Crippen molar-refractivity contribution in [2.75, 3.05) is 13.1 Å². The van der Waals surface area contributed by atoms with Crippen LogP contribution in [0.4, 0.5) is 4.79 Å². The van der Waals surface area contributed by atoms with Crippen molar-refractivity contribution >= 4 is 6.03 Å². The van der Waals surface area contributed by atoms with Gasteiger partial charge in [0.1, 0.15) is 0 Å². The molecule has 2 heterocycles. The number of aromatic nitrogens is 2. The molecule has 7 nitrogen and oxygen atoms in total. The number of nitrogens with one attached hydrogen (secondary N) is 1. The number of hydrogen-bond acceptors (Lipinski definition) is 5. The third-order valence-electron chi connectivity index (χ3n) is 3.28. The van der Waals surface area contributed by atoms with Gasteiger partial charge in [-0.1, -0.05) is 19.0 Å². The van der Waals surface area contributed by atoms with Crippen LogP contribution in [-0.2, 0) is 6.54 Å². The Balaban J connectivity index is 1.84. The lowest BCUT2D eigenvalue weighted by atomic mass is 10.0. The van der Waals surface area contributed by atoms with E-state index in [2.05, 4.69) is 21.5 Å². The Labute approximate surface area is 117 Å². The molecule has 1 unspecified atom stereocenters. The summed E-state index contributed by atoms with van der Waals surface area (Å²) in [6.45, 7) is 5.34. The summed E-state index contributed by atoms with van der Waals surface area (Å²) in [6, 6.07) is 2.03. The van der Waals surface area contributed by atoms with E-state index in [1.54, 1.807) is 4.90 Å². The Bertz CT molecular complexity index is 505. The number of piperidine rings is 1. The van der Waals surface area contributed by atoms with Gasteiger partial charge >= 0.3 is 6.03 Å². The van der Waals surface area contributed by atoms with Gasteiger partial charge in [0.25, 0.3) is 0 Å². The van der Waals surface area contributed by atoms with Crippen LogP contribution >= 0.6 is 0 Å². The maximum absolute atomic E-state index is 12.0. The van der Waals surface area contributed by atoms with Crippen molar-refractivity contribution in [1.82, 2.24) is 20.4 Å². The van der Waals surface area contributed by atoms with Crippen LogP contribution in [0, 0.1) is 17.2 Å². The molecule has 1 aliphatic rings. The molecule has 2 rings (SSSR count). The Morgan fingerprint density at radius 3 is 3.10 bits per heavy atom. The largest absolute Gasteiger partial charge is 0.337 e. The van der Waals surface area contributed by atoms with Crippen molar-refractivity contribution < 1.29 is 9.32 Å². The molecule has 20 heavy (non-hydrogen) atoms. The lowest BCUT2D eigenvalue weighted by Gasteiger charge is -2.29. The second kappa shape index (κ2) is 6.37.